The van der Waals surface area contributed by atoms with Gasteiger partial charge in [-0.25, -0.2) is 0 Å². The number of rotatable bonds is 3. The molecule has 0 aliphatic heterocycles. The fourth-order valence-corrected chi connectivity index (χ4v) is 2.84. The quantitative estimate of drug-likeness (QED) is 0.877. The number of nitrogens with one attached hydrogen (secondary N) is 1. The van der Waals surface area contributed by atoms with Gasteiger partial charge in [-0.2, -0.15) is 0 Å². The van der Waals surface area contributed by atoms with Crippen LogP contribution in [0.4, 0.5) is 5.69 Å². The molecular formula is C16H24N2O. The Morgan fingerprint density at radius 3 is 2.89 bits per heavy atom. The van der Waals surface area contributed by atoms with E-state index in [4.69, 9.17) is 5.73 Å². The number of nitrogens with two attached hydrogens (primary N) is 1. The molecule has 3 heteroatoms. The molecule has 1 amide bonds. The highest BCUT2D eigenvalue weighted by Gasteiger charge is 2.25. The van der Waals surface area contributed by atoms with Gasteiger partial charge in [0.2, 0.25) is 5.91 Å². The summed E-state index contributed by atoms with van der Waals surface area (Å²) in [4.78, 5) is 12.2. The predicted octanol–water partition coefficient (Wildman–Crippen LogP) is 3.01. The zero-order valence-corrected chi connectivity index (χ0v) is 11.9. The Kier molecular flexibility index (Phi) is 4.59. The van der Waals surface area contributed by atoms with Gasteiger partial charge in [0.25, 0.3) is 0 Å². The minimum Gasteiger partial charge on any atom is -0.328 e. The number of anilines is 1. The second kappa shape index (κ2) is 6.20. The van der Waals surface area contributed by atoms with Crippen LogP contribution in [-0.4, -0.2) is 11.9 Å². The molecule has 3 N–H and O–H groups in total. The van der Waals surface area contributed by atoms with Gasteiger partial charge in [-0.3, -0.25) is 4.79 Å². The molecule has 0 bridgehead atoms. The van der Waals surface area contributed by atoms with Crippen LogP contribution in [0.3, 0.4) is 0 Å². The second-order valence-electron chi connectivity index (χ2n) is 5.61. The lowest BCUT2D eigenvalue weighted by molar-refractivity contribution is -0.120. The van der Waals surface area contributed by atoms with Gasteiger partial charge in [-0.1, -0.05) is 19.4 Å². The van der Waals surface area contributed by atoms with E-state index in [1.807, 2.05) is 6.07 Å². The van der Waals surface area contributed by atoms with Crippen LogP contribution >= 0.6 is 0 Å². The fraction of sp³-hybridized carbons (Fsp3) is 0.562. The molecule has 104 valence electrons. The molecule has 1 aromatic carbocycles. The maximum atomic E-state index is 12.2. The molecule has 2 rings (SSSR count). The minimum absolute atomic E-state index is 0.0788. The van der Waals surface area contributed by atoms with Crippen molar-refractivity contribution in [3.05, 3.63) is 29.3 Å². The zero-order valence-electron chi connectivity index (χ0n) is 11.9. The van der Waals surface area contributed by atoms with Crippen LogP contribution in [0.15, 0.2) is 18.2 Å². The number of aryl methyl sites for hydroxylation is 2. The van der Waals surface area contributed by atoms with Crippen molar-refractivity contribution in [2.24, 2.45) is 11.7 Å². The molecule has 1 aliphatic carbocycles. The number of carbonyl (C=O) groups excluding carboxylic acids is 1. The molecule has 0 radical (unpaired) electrons. The first kappa shape index (κ1) is 14.1. The first-order valence-electron chi connectivity index (χ1n) is 7.26. The van der Waals surface area contributed by atoms with Crippen LogP contribution in [0.25, 0.3) is 0 Å². The molecule has 0 spiro atoms. The summed E-state index contributed by atoms with van der Waals surface area (Å²) in [6.45, 7) is 4.23. The maximum absolute atomic E-state index is 12.2. The number of amides is 1. The van der Waals surface area contributed by atoms with Crippen LogP contribution < -0.4 is 11.1 Å². The normalized spacial score (nSPS) is 23.1. The summed E-state index contributed by atoms with van der Waals surface area (Å²) in [5, 5.41) is 3.04. The number of benzene rings is 1. The summed E-state index contributed by atoms with van der Waals surface area (Å²) in [6.07, 6.45) is 4.88. The van der Waals surface area contributed by atoms with Gasteiger partial charge in [-0.05, 0) is 55.9 Å². The second-order valence-corrected chi connectivity index (χ2v) is 5.61. The fourth-order valence-electron chi connectivity index (χ4n) is 2.84. The van der Waals surface area contributed by atoms with Crippen molar-refractivity contribution in [3.8, 4) is 0 Å². The van der Waals surface area contributed by atoms with E-state index in [1.165, 1.54) is 11.1 Å². The third-order valence-electron chi connectivity index (χ3n) is 4.08. The molecule has 1 saturated carbocycles. The van der Waals surface area contributed by atoms with Crippen molar-refractivity contribution in [1.29, 1.82) is 0 Å². The molecule has 19 heavy (non-hydrogen) atoms. The van der Waals surface area contributed by atoms with Gasteiger partial charge in [0.1, 0.15) is 0 Å². The lowest BCUT2D eigenvalue weighted by atomic mass is 9.85. The Labute approximate surface area is 115 Å². The highest BCUT2D eigenvalue weighted by molar-refractivity contribution is 5.92. The number of hydrogen-bond acceptors (Lipinski definition) is 2. The monoisotopic (exact) mass is 260 g/mol. The Balaban J connectivity index is 2.02. The van der Waals surface area contributed by atoms with E-state index in [2.05, 4.69) is 31.3 Å². The lowest BCUT2D eigenvalue weighted by Crippen LogP contribution is -2.34. The molecule has 0 saturated heterocycles. The van der Waals surface area contributed by atoms with Gasteiger partial charge >= 0.3 is 0 Å². The topological polar surface area (TPSA) is 55.1 Å². The SMILES string of the molecule is CCc1cc(NC(=O)C2CCCC(N)C2)ccc1C. The Bertz CT molecular complexity index is 456. The third kappa shape index (κ3) is 3.57. The van der Waals surface area contributed by atoms with Gasteiger partial charge < -0.3 is 11.1 Å². The molecule has 1 fully saturated rings. The molecule has 1 aromatic rings. The van der Waals surface area contributed by atoms with Gasteiger partial charge in [-0.15, -0.1) is 0 Å². The minimum atomic E-state index is 0.0788. The van der Waals surface area contributed by atoms with Crippen molar-refractivity contribution >= 4 is 11.6 Å². The molecular weight excluding hydrogens is 236 g/mol. The summed E-state index contributed by atoms with van der Waals surface area (Å²) < 4.78 is 0. The summed E-state index contributed by atoms with van der Waals surface area (Å²) in [5.74, 6) is 0.205. The smallest absolute Gasteiger partial charge is 0.227 e. The van der Waals surface area contributed by atoms with Crippen molar-refractivity contribution < 1.29 is 4.79 Å². The average Bonchev–Trinajstić information content (AvgIpc) is 2.41. The third-order valence-corrected chi connectivity index (χ3v) is 4.08. The predicted molar refractivity (Wildman–Crippen MR) is 79.1 cm³/mol. The van der Waals surface area contributed by atoms with Crippen LogP contribution in [0, 0.1) is 12.8 Å². The van der Waals surface area contributed by atoms with Crippen LogP contribution in [0.1, 0.15) is 43.7 Å². The van der Waals surface area contributed by atoms with Gasteiger partial charge in [0.05, 0.1) is 0 Å². The van der Waals surface area contributed by atoms with E-state index in [9.17, 15) is 4.79 Å². The molecule has 0 heterocycles. The highest BCUT2D eigenvalue weighted by atomic mass is 16.1. The summed E-state index contributed by atoms with van der Waals surface area (Å²) in [7, 11) is 0. The summed E-state index contributed by atoms with van der Waals surface area (Å²) in [5.41, 5.74) is 9.42. The largest absolute Gasteiger partial charge is 0.328 e. The first-order chi connectivity index (χ1) is 9.10. The van der Waals surface area contributed by atoms with E-state index in [0.717, 1.165) is 37.8 Å². The van der Waals surface area contributed by atoms with Gasteiger partial charge in [0, 0.05) is 17.6 Å². The average molecular weight is 260 g/mol. The van der Waals surface area contributed by atoms with E-state index in [1.54, 1.807) is 0 Å². The highest BCUT2D eigenvalue weighted by Crippen LogP contribution is 2.25. The van der Waals surface area contributed by atoms with Crippen LogP contribution in [0.5, 0.6) is 0 Å². The summed E-state index contributed by atoms with van der Waals surface area (Å²) in [6, 6.07) is 6.32. The van der Waals surface area contributed by atoms with E-state index >= 15 is 0 Å². The number of carbonyl (C=O) groups is 1. The van der Waals surface area contributed by atoms with Crippen molar-refractivity contribution in [1.82, 2.24) is 0 Å². The number of hydrogen-bond donors (Lipinski definition) is 2. The van der Waals surface area contributed by atoms with Crippen LogP contribution in [-0.2, 0) is 11.2 Å². The molecule has 0 aromatic heterocycles. The first-order valence-corrected chi connectivity index (χ1v) is 7.26. The zero-order chi connectivity index (χ0) is 13.8. The van der Waals surface area contributed by atoms with Gasteiger partial charge in [0.15, 0.2) is 0 Å². The van der Waals surface area contributed by atoms with Crippen molar-refractivity contribution in [2.45, 2.75) is 52.0 Å². The Morgan fingerprint density at radius 2 is 2.21 bits per heavy atom. The Morgan fingerprint density at radius 1 is 1.42 bits per heavy atom. The van der Waals surface area contributed by atoms with E-state index in [-0.39, 0.29) is 17.9 Å². The van der Waals surface area contributed by atoms with E-state index in [0.29, 0.717) is 0 Å². The molecule has 3 nitrogen and oxygen atoms in total. The molecule has 2 unspecified atom stereocenters. The lowest BCUT2D eigenvalue weighted by Gasteiger charge is -2.25. The molecule has 1 aliphatic rings. The van der Waals surface area contributed by atoms with Crippen LogP contribution in [0.2, 0.25) is 0 Å². The standard InChI is InChI=1S/C16H24N2O/c1-3-12-10-15(8-7-11(12)2)18-16(19)13-5-4-6-14(17)9-13/h7-8,10,13-14H,3-6,9,17H2,1-2H3,(H,18,19). The Hall–Kier alpha value is -1.35. The van der Waals surface area contributed by atoms with Crippen molar-refractivity contribution in [2.75, 3.05) is 5.32 Å². The van der Waals surface area contributed by atoms with Crippen molar-refractivity contribution in [3.63, 3.8) is 0 Å². The van der Waals surface area contributed by atoms with E-state index < -0.39 is 0 Å². The molecule has 2 atom stereocenters. The maximum Gasteiger partial charge on any atom is 0.227 e. The summed E-state index contributed by atoms with van der Waals surface area (Å²) >= 11 is 0.